The van der Waals surface area contributed by atoms with Gasteiger partial charge >= 0.3 is 5.97 Å². The van der Waals surface area contributed by atoms with Gasteiger partial charge in [0, 0.05) is 11.9 Å². The SMILES string of the molecule is Cc1nc2ccccn2c1C(=O)Nc1ccc(O)c(C(=O)O)c1. The van der Waals surface area contributed by atoms with Gasteiger partial charge in [-0.25, -0.2) is 9.78 Å². The van der Waals surface area contributed by atoms with E-state index in [1.165, 1.54) is 18.2 Å². The van der Waals surface area contributed by atoms with E-state index in [2.05, 4.69) is 10.3 Å². The number of aromatic carboxylic acids is 1. The number of aromatic nitrogens is 2. The monoisotopic (exact) mass is 311 g/mol. The Morgan fingerprint density at radius 2 is 2.00 bits per heavy atom. The van der Waals surface area contributed by atoms with Crippen molar-refractivity contribution < 1.29 is 19.8 Å². The molecule has 0 aliphatic heterocycles. The highest BCUT2D eigenvalue weighted by Gasteiger charge is 2.17. The highest BCUT2D eigenvalue weighted by atomic mass is 16.4. The topological polar surface area (TPSA) is 104 Å². The molecule has 3 N–H and O–H groups in total. The van der Waals surface area contributed by atoms with Crippen LogP contribution in [0.4, 0.5) is 5.69 Å². The van der Waals surface area contributed by atoms with Crippen LogP contribution in [0.5, 0.6) is 5.75 Å². The summed E-state index contributed by atoms with van der Waals surface area (Å²) < 4.78 is 1.66. The summed E-state index contributed by atoms with van der Waals surface area (Å²) in [5.41, 5.74) is 1.57. The average Bonchev–Trinajstić information content (AvgIpc) is 2.84. The molecule has 0 bridgehead atoms. The number of rotatable bonds is 3. The lowest BCUT2D eigenvalue weighted by Gasteiger charge is -2.08. The zero-order valence-electron chi connectivity index (χ0n) is 12.1. The van der Waals surface area contributed by atoms with Crippen molar-refractivity contribution in [2.45, 2.75) is 6.92 Å². The predicted octanol–water partition coefficient (Wildman–Crippen LogP) is 2.30. The number of amides is 1. The Kier molecular flexibility index (Phi) is 3.46. The molecule has 0 radical (unpaired) electrons. The van der Waals surface area contributed by atoms with Crippen molar-refractivity contribution in [1.82, 2.24) is 9.38 Å². The minimum atomic E-state index is -1.27. The number of carboxylic acids is 1. The third-order valence-electron chi connectivity index (χ3n) is 3.40. The number of aryl methyl sites for hydroxylation is 1. The maximum Gasteiger partial charge on any atom is 0.339 e. The van der Waals surface area contributed by atoms with Crippen molar-refractivity contribution in [3.63, 3.8) is 0 Å². The Hall–Kier alpha value is -3.35. The van der Waals surface area contributed by atoms with Crippen LogP contribution in [0.1, 0.15) is 26.5 Å². The lowest BCUT2D eigenvalue weighted by atomic mass is 10.1. The number of nitrogens with one attached hydrogen (secondary N) is 1. The quantitative estimate of drug-likeness (QED) is 0.644. The normalized spacial score (nSPS) is 10.7. The molecule has 0 saturated heterocycles. The second kappa shape index (κ2) is 5.45. The van der Waals surface area contributed by atoms with Gasteiger partial charge in [0.05, 0.1) is 5.69 Å². The van der Waals surface area contributed by atoms with Crippen molar-refractivity contribution in [2.24, 2.45) is 0 Å². The van der Waals surface area contributed by atoms with Crippen molar-refractivity contribution in [2.75, 3.05) is 5.32 Å². The van der Waals surface area contributed by atoms with Crippen LogP contribution in [-0.4, -0.2) is 31.5 Å². The number of anilines is 1. The maximum absolute atomic E-state index is 12.5. The standard InChI is InChI=1S/C16H13N3O4/c1-9-14(19-7-3-2-4-13(19)17-9)15(21)18-10-5-6-12(20)11(8-10)16(22)23/h2-8,20H,1H3,(H,18,21)(H,22,23). The van der Waals surface area contributed by atoms with Crippen LogP contribution in [0, 0.1) is 6.92 Å². The van der Waals surface area contributed by atoms with E-state index >= 15 is 0 Å². The molecule has 1 amide bonds. The zero-order chi connectivity index (χ0) is 16.6. The van der Waals surface area contributed by atoms with Crippen LogP contribution in [0.3, 0.4) is 0 Å². The van der Waals surface area contributed by atoms with Gasteiger partial charge in [-0.3, -0.25) is 9.20 Å². The van der Waals surface area contributed by atoms with Crippen molar-refractivity contribution in [3.8, 4) is 5.75 Å². The fraction of sp³-hybridized carbons (Fsp3) is 0.0625. The fourth-order valence-electron chi connectivity index (χ4n) is 2.36. The second-order valence-electron chi connectivity index (χ2n) is 4.97. The first-order valence-electron chi connectivity index (χ1n) is 6.78. The molecule has 2 aromatic heterocycles. The zero-order valence-corrected chi connectivity index (χ0v) is 12.1. The molecule has 1 aromatic carbocycles. The number of fused-ring (bicyclic) bond motifs is 1. The predicted molar refractivity (Wildman–Crippen MR) is 82.9 cm³/mol. The van der Waals surface area contributed by atoms with E-state index < -0.39 is 11.9 Å². The molecule has 2 heterocycles. The highest BCUT2D eigenvalue weighted by Crippen LogP contribution is 2.22. The van der Waals surface area contributed by atoms with Crippen LogP contribution in [-0.2, 0) is 0 Å². The minimum absolute atomic E-state index is 0.274. The van der Waals surface area contributed by atoms with Gasteiger partial charge in [-0.15, -0.1) is 0 Å². The van der Waals surface area contributed by atoms with E-state index in [9.17, 15) is 14.7 Å². The molecule has 0 fully saturated rings. The maximum atomic E-state index is 12.5. The van der Waals surface area contributed by atoms with Crippen LogP contribution in [0.25, 0.3) is 5.65 Å². The minimum Gasteiger partial charge on any atom is -0.507 e. The molecule has 0 unspecified atom stereocenters. The van der Waals surface area contributed by atoms with Crippen molar-refractivity contribution >= 4 is 23.2 Å². The lowest BCUT2D eigenvalue weighted by molar-refractivity contribution is 0.0693. The van der Waals surface area contributed by atoms with Crippen LogP contribution >= 0.6 is 0 Å². The fourth-order valence-corrected chi connectivity index (χ4v) is 2.36. The number of hydrogen-bond acceptors (Lipinski definition) is 4. The molecular weight excluding hydrogens is 298 g/mol. The van der Waals surface area contributed by atoms with Crippen LogP contribution in [0.2, 0.25) is 0 Å². The summed E-state index contributed by atoms with van der Waals surface area (Å²) >= 11 is 0. The molecule has 0 spiro atoms. The van der Waals surface area contributed by atoms with Gasteiger partial charge in [-0.2, -0.15) is 0 Å². The van der Waals surface area contributed by atoms with Gasteiger partial charge in [0.2, 0.25) is 0 Å². The number of carbonyl (C=O) groups is 2. The number of benzene rings is 1. The van der Waals surface area contributed by atoms with Gasteiger partial charge in [0.25, 0.3) is 5.91 Å². The third-order valence-corrected chi connectivity index (χ3v) is 3.40. The Morgan fingerprint density at radius 1 is 1.22 bits per heavy atom. The molecule has 7 heteroatoms. The molecule has 0 atom stereocenters. The lowest BCUT2D eigenvalue weighted by Crippen LogP contribution is -2.16. The van der Waals surface area contributed by atoms with Gasteiger partial charge in [0.15, 0.2) is 0 Å². The van der Waals surface area contributed by atoms with E-state index in [4.69, 9.17) is 5.11 Å². The van der Waals surface area contributed by atoms with E-state index in [-0.39, 0.29) is 17.0 Å². The number of carboxylic acid groups (broad SMARTS) is 1. The van der Waals surface area contributed by atoms with Crippen LogP contribution < -0.4 is 5.32 Å². The molecule has 23 heavy (non-hydrogen) atoms. The van der Waals surface area contributed by atoms with E-state index in [0.29, 0.717) is 17.0 Å². The van der Waals surface area contributed by atoms with Gasteiger partial charge in [-0.1, -0.05) is 6.07 Å². The second-order valence-corrected chi connectivity index (χ2v) is 4.97. The van der Waals surface area contributed by atoms with Crippen molar-refractivity contribution in [3.05, 3.63) is 59.5 Å². The van der Waals surface area contributed by atoms with E-state index in [0.717, 1.165) is 0 Å². The number of hydrogen-bond donors (Lipinski definition) is 3. The molecule has 0 aliphatic rings. The average molecular weight is 311 g/mol. The van der Waals surface area contributed by atoms with Crippen LogP contribution in [0.15, 0.2) is 42.6 Å². The smallest absolute Gasteiger partial charge is 0.339 e. The Bertz CT molecular complexity index is 930. The molecule has 116 valence electrons. The summed E-state index contributed by atoms with van der Waals surface area (Å²) in [4.78, 5) is 27.8. The number of aromatic hydroxyl groups is 1. The summed E-state index contributed by atoms with van der Waals surface area (Å²) in [5, 5.41) is 21.1. The molecule has 7 nitrogen and oxygen atoms in total. The molecular formula is C16H13N3O4. The first-order valence-corrected chi connectivity index (χ1v) is 6.78. The molecule has 3 rings (SSSR count). The van der Waals surface area contributed by atoms with Gasteiger partial charge in [0.1, 0.15) is 22.7 Å². The van der Waals surface area contributed by atoms with Gasteiger partial charge < -0.3 is 15.5 Å². The summed E-state index contributed by atoms with van der Waals surface area (Å²) in [6.07, 6.45) is 1.73. The number of carbonyl (C=O) groups excluding carboxylic acids is 1. The first-order chi connectivity index (χ1) is 11.0. The summed E-state index contributed by atoms with van der Waals surface area (Å²) in [6.45, 7) is 1.72. The number of imidazole rings is 1. The number of pyridine rings is 1. The molecule has 3 aromatic rings. The Morgan fingerprint density at radius 3 is 2.74 bits per heavy atom. The summed E-state index contributed by atoms with van der Waals surface area (Å²) in [7, 11) is 0. The first kappa shape index (κ1) is 14.6. The summed E-state index contributed by atoms with van der Waals surface area (Å²) in [6, 6.07) is 9.25. The van der Waals surface area contributed by atoms with E-state index in [1.54, 1.807) is 29.7 Å². The number of nitrogens with zero attached hydrogens (tertiary/aromatic N) is 2. The molecule has 0 aliphatic carbocycles. The Labute approximate surface area is 130 Å². The van der Waals surface area contributed by atoms with Crippen molar-refractivity contribution in [1.29, 1.82) is 0 Å². The number of phenols is 1. The van der Waals surface area contributed by atoms with Gasteiger partial charge in [-0.05, 0) is 37.3 Å². The van der Waals surface area contributed by atoms with E-state index in [1.807, 2.05) is 6.07 Å². The summed E-state index contributed by atoms with van der Waals surface area (Å²) in [5.74, 6) is -2.05. The largest absolute Gasteiger partial charge is 0.507 e. The third kappa shape index (κ3) is 2.59. The molecule has 0 saturated carbocycles. The highest BCUT2D eigenvalue weighted by molar-refractivity contribution is 6.05. The Balaban J connectivity index is 1.97.